The first-order valence-corrected chi connectivity index (χ1v) is 18.0. The van der Waals surface area contributed by atoms with Crippen LogP contribution in [0.15, 0.2) is 207 Å². The summed E-state index contributed by atoms with van der Waals surface area (Å²) in [6.45, 7) is 0. The largest absolute Gasteiger partial charge is 0.264 e. The lowest BCUT2D eigenvalue weighted by Crippen LogP contribution is -2.00. The molecule has 0 aliphatic heterocycles. The summed E-state index contributed by atoms with van der Waals surface area (Å²) in [5.74, 6) is 1.84. The molecule has 9 rings (SSSR count). The van der Waals surface area contributed by atoms with Crippen molar-refractivity contribution >= 4 is 0 Å². The van der Waals surface area contributed by atoms with Crippen LogP contribution in [0.4, 0.5) is 0 Å². The predicted octanol–water partition coefficient (Wildman–Crippen LogP) is 12.6. The van der Waals surface area contributed by atoms with Gasteiger partial charge >= 0.3 is 0 Å². The van der Waals surface area contributed by atoms with Crippen LogP contribution in [0, 0.1) is 0 Å². The molecule has 0 atom stereocenters. The van der Waals surface area contributed by atoms with Gasteiger partial charge in [-0.2, -0.15) is 0 Å². The van der Waals surface area contributed by atoms with E-state index in [2.05, 4.69) is 175 Å². The van der Waals surface area contributed by atoms with Gasteiger partial charge in [0, 0.05) is 34.6 Å². The van der Waals surface area contributed by atoms with Crippen LogP contribution in [0.2, 0.25) is 0 Å². The molecule has 9 aromatic rings. The number of hydrogen-bond donors (Lipinski definition) is 0. The SMILES string of the molecule is c1ccc(-c2ccc(-c3nc(-c4ccc(-c5ccccc5)cc4)nc(-c4cc(-c5ccccc5)cc(-c5cccc(-c6cccnc6)c5)c4)n3)cc2)cc1. The molecule has 0 aliphatic rings. The van der Waals surface area contributed by atoms with E-state index in [0.717, 1.165) is 72.3 Å². The average molecular weight is 691 g/mol. The maximum Gasteiger partial charge on any atom is 0.164 e. The molecule has 4 nitrogen and oxygen atoms in total. The first-order valence-electron chi connectivity index (χ1n) is 18.0. The Kier molecular flexibility index (Phi) is 8.90. The van der Waals surface area contributed by atoms with Gasteiger partial charge in [-0.25, -0.2) is 15.0 Å². The Morgan fingerprint density at radius 1 is 0.222 bits per heavy atom. The third-order valence-electron chi connectivity index (χ3n) is 9.62. The van der Waals surface area contributed by atoms with Gasteiger partial charge in [-0.05, 0) is 80.4 Å². The second-order valence-corrected chi connectivity index (χ2v) is 13.2. The first kappa shape index (κ1) is 32.6. The van der Waals surface area contributed by atoms with E-state index in [0.29, 0.717) is 17.5 Å². The van der Waals surface area contributed by atoms with Crippen molar-refractivity contribution < 1.29 is 0 Å². The number of pyridine rings is 1. The lowest BCUT2D eigenvalue weighted by molar-refractivity contribution is 1.07. The summed E-state index contributed by atoms with van der Waals surface area (Å²) in [7, 11) is 0. The summed E-state index contributed by atoms with van der Waals surface area (Å²) < 4.78 is 0. The second kappa shape index (κ2) is 14.7. The van der Waals surface area contributed by atoms with Crippen molar-refractivity contribution in [2.45, 2.75) is 0 Å². The zero-order valence-corrected chi connectivity index (χ0v) is 29.4. The van der Waals surface area contributed by atoms with Gasteiger partial charge in [0.2, 0.25) is 0 Å². The molecule has 0 bridgehead atoms. The third-order valence-corrected chi connectivity index (χ3v) is 9.62. The van der Waals surface area contributed by atoms with Crippen LogP contribution in [0.25, 0.3) is 89.8 Å². The van der Waals surface area contributed by atoms with Gasteiger partial charge < -0.3 is 0 Å². The Morgan fingerprint density at radius 3 is 1.04 bits per heavy atom. The number of hydrogen-bond acceptors (Lipinski definition) is 4. The number of benzene rings is 7. The van der Waals surface area contributed by atoms with Crippen molar-refractivity contribution in [2.75, 3.05) is 0 Å². The highest BCUT2D eigenvalue weighted by Crippen LogP contribution is 2.35. The number of aromatic nitrogens is 4. The van der Waals surface area contributed by atoms with Crippen molar-refractivity contribution in [3.8, 4) is 89.8 Å². The zero-order valence-electron chi connectivity index (χ0n) is 29.4. The van der Waals surface area contributed by atoms with Crippen LogP contribution in [-0.2, 0) is 0 Å². The van der Waals surface area contributed by atoms with Crippen LogP contribution in [-0.4, -0.2) is 19.9 Å². The molecule has 7 aromatic carbocycles. The Labute approximate surface area is 315 Å². The molecule has 0 fully saturated rings. The second-order valence-electron chi connectivity index (χ2n) is 13.2. The number of rotatable bonds is 8. The summed E-state index contributed by atoms with van der Waals surface area (Å²) >= 11 is 0. The molecule has 4 heteroatoms. The average Bonchev–Trinajstić information content (AvgIpc) is 3.27. The van der Waals surface area contributed by atoms with E-state index in [1.165, 1.54) is 0 Å². The van der Waals surface area contributed by atoms with Gasteiger partial charge in [-0.15, -0.1) is 0 Å². The maximum atomic E-state index is 5.17. The van der Waals surface area contributed by atoms with Crippen molar-refractivity contribution in [1.82, 2.24) is 19.9 Å². The third kappa shape index (κ3) is 6.97. The Balaban J connectivity index is 1.19. The standard InChI is InChI=1S/C50H34N4/c1-4-12-35(13-5-1)38-21-25-40(26-22-38)48-52-49(41-27-23-39(24-28-41)36-14-6-2-7-15-36)54-50(53-48)47-32-45(37-16-8-3-9-17-37)31-46(33-47)43-19-10-18-42(30-43)44-20-11-29-51-34-44/h1-34H. The fraction of sp³-hybridized carbons (Fsp3) is 0. The zero-order chi connectivity index (χ0) is 36.1. The summed E-state index contributed by atoms with van der Waals surface area (Å²) in [6, 6.07) is 67.4. The van der Waals surface area contributed by atoms with Gasteiger partial charge in [-0.3, -0.25) is 4.98 Å². The minimum Gasteiger partial charge on any atom is -0.264 e. The van der Waals surface area contributed by atoms with Crippen molar-refractivity contribution in [3.05, 3.63) is 207 Å². The molecule has 0 amide bonds. The fourth-order valence-corrected chi connectivity index (χ4v) is 6.78. The van der Waals surface area contributed by atoms with E-state index in [1.54, 1.807) is 6.20 Å². The lowest BCUT2D eigenvalue weighted by Gasteiger charge is -2.13. The van der Waals surface area contributed by atoms with Crippen molar-refractivity contribution in [3.63, 3.8) is 0 Å². The normalized spacial score (nSPS) is 11.0. The quantitative estimate of drug-likeness (QED) is 0.159. The summed E-state index contributed by atoms with van der Waals surface area (Å²) in [5.41, 5.74) is 13.9. The van der Waals surface area contributed by atoms with E-state index >= 15 is 0 Å². The van der Waals surface area contributed by atoms with E-state index < -0.39 is 0 Å². The predicted molar refractivity (Wildman–Crippen MR) is 221 cm³/mol. The smallest absolute Gasteiger partial charge is 0.164 e. The molecule has 0 saturated heterocycles. The molecule has 2 aromatic heterocycles. The topological polar surface area (TPSA) is 51.6 Å². The molecule has 0 N–H and O–H groups in total. The van der Waals surface area contributed by atoms with Crippen LogP contribution >= 0.6 is 0 Å². The Hall–Kier alpha value is -7.30. The van der Waals surface area contributed by atoms with Gasteiger partial charge in [0.15, 0.2) is 17.5 Å². The fourth-order valence-electron chi connectivity index (χ4n) is 6.78. The molecule has 54 heavy (non-hydrogen) atoms. The van der Waals surface area contributed by atoms with Crippen LogP contribution in [0.5, 0.6) is 0 Å². The van der Waals surface area contributed by atoms with Gasteiger partial charge in [0.1, 0.15) is 0 Å². The van der Waals surface area contributed by atoms with Gasteiger partial charge in [0.25, 0.3) is 0 Å². The van der Waals surface area contributed by atoms with E-state index in [-0.39, 0.29) is 0 Å². The van der Waals surface area contributed by atoms with Crippen molar-refractivity contribution in [1.29, 1.82) is 0 Å². The van der Waals surface area contributed by atoms with Crippen LogP contribution in [0.3, 0.4) is 0 Å². The van der Waals surface area contributed by atoms with Gasteiger partial charge in [-0.1, -0.05) is 164 Å². The molecule has 254 valence electrons. The lowest BCUT2D eigenvalue weighted by atomic mass is 9.94. The summed E-state index contributed by atoms with van der Waals surface area (Å²) in [4.78, 5) is 19.8. The number of nitrogens with zero attached hydrogens (tertiary/aromatic N) is 4. The minimum absolute atomic E-state index is 0.608. The highest BCUT2D eigenvalue weighted by atomic mass is 15.0. The van der Waals surface area contributed by atoms with E-state index in [9.17, 15) is 0 Å². The highest BCUT2D eigenvalue weighted by Gasteiger charge is 2.16. The molecule has 0 spiro atoms. The molecular formula is C50H34N4. The summed E-state index contributed by atoms with van der Waals surface area (Å²) in [5, 5.41) is 0. The van der Waals surface area contributed by atoms with E-state index in [4.69, 9.17) is 15.0 Å². The first-order chi connectivity index (χ1) is 26.7. The van der Waals surface area contributed by atoms with Crippen molar-refractivity contribution in [2.24, 2.45) is 0 Å². The van der Waals surface area contributed by atoms with Gasteiger partial charge in [0.05, 0.1) is 0 Å². The molecule has 2 heterocycles. The monoisotopic (exact) mass is 690 g/mol. The maximum absolute atomic E-state index is 5.17. The van der Waals surface area contributed by atoms with Crippen LogP contribution < -0.4 is 0 Å². The molecule has 0 aliphatic carbocycles. The van der Waals surface area contributed by atoms with E-state index in [1.807, 2.05) is 30.5 Å². The Morgan fingerprint density at radius 2 is 0.556 bits per heavy atom. The molecule has 0 unspecified atom stereocenters. The highest BCUT2D eigenvalue weighted by molar-refractivity contribution is 5.82. The summed E-state index contributed by atoms with van der Waals surface area (Å²) in [6.07, 6.45) is 3.70. The molecular weight excluding hydrogens is 657 g/mol. The Bertz CT molecular complexity index is 2560. The molecule has 0 radical (unpaired) electrons. The molecule has 0 saturated carbocycles. The van der Waals surface area contributed by atoms with Crippen LogP contribution in [0.1, 0.15) is 0 Å². The minimum atomic E-state index is 0.608.